The number of carbonyl (C=O) groups is 3. The number of ketones is 1. The SMILES string of the molecule is O=C(C=Cc1ccc(OCCCCCCc2ccc(N3C(=O)C=CC3=O)cc2)cc1)c1ccccc1. The summed E-state index contributed by atoms with van der Waals surface area (Å²) in [6, 6.07) is 24.6. The molecule has 1 heterocycles. The molecule has 0 N–H and O–H groups in total. The Morgan fingerprint density at radius 2 is 1.42 bits per heavy atom. The summed E-state index contributed by atoms with van der Waals surface area (Å²) in [4.78, 5) is 36.9. The minimum atomic E-state index is -0.293. The highest BCUT2D eigenvalue weighted by molar-refractivity contribution is 6.28. The molecule has 3 aromatic rings. The number of ether oxygens (including phenoxy) is 1. The van der Waals surface area contributed by atoms with E-state index in [1.807, 2.05) is 84.9 Å². The molecule has 0 saturated heterocycles. The van der Waals surface area contributed by atoms with Crippen molar-refractivity contribution in [2.24, 2.45) is 0 Å². The van der Waals surface area contributed by atoms with Crippen LogP contribution in [0.25, 0.3) is 6.08 Å². The molecular weight excluding hydrogens is 450 g/mol. The van der Waals surface area contributed by atoms with Gasteiger partial charge in [0, 0.05) is 17.7 Å². The standard InChI is InChI=1S/C31H29NO4/c33-29(26-9-5-3-6-10-26)20-15-25-13-18-28(19-14-25)36-23-7-2-1-4-8-24-11-16-27(17-12-24)32-30(34)21-22-31(32)35/h3,5-6,9-22H,1-2,4,7-8,23H2. The predicted molar refractivity (Wildman–Crippen MR) is 142 cm³/mol. The minimum absolute atomic E-state index is 0.0134. The van der Waals surface area contributed by atoms with Crippen LogP contribution in [0, 0.1) is 0 Å². The smallest absolute Gasteiger partial charge is 0.258 e. The van der Waals surface area contributed by atoms with E-state index in [2.05, 4.69) is 0 Å². The van der Waals surface area contributed by atoms with E-state index in [1.54, 1.807) is 6.08 Å². The highest BCUT2D eigenvalue weighted by Crippen LogP contribution is 2.20. The van der Waals surface area contributed by atoms with Gasteiger partial charge in [0.25, 0.3) is 11.8 Å². The van der Waals surface area contributed by atoms with Gasteiger partial charge in [-0.05, 0) is 60.7 Å². The van der Waals surface area contributed by atoms with Crippen molar-refractivity contribution >= 4 is 29.4 Å². The second kappa shape index (κ2) is 12.5. The summed E-state index contributed by atoms with van der Waals surface area (Å²) in [6.07, 6.45) is 11.2. The zero-order valence-corrected chi connectivity index (χ0v) is 20.1. The van der Waals surface area contributed by atoms with Crippen LogP contribution in [0.4, 0.5) is 5.69 Å². The van der Waals surface area contributed by atoms with E-state index in [-0.39, 0.29) is 17.6 Å². The number of carbonyl (C=O) groups excluding carboxylic acids is 3. The lowest BCUT2D eigenvalue weighted by Gasteiger charge is -2.14. The average molecular weight is 480 g/mol. The molecule has 0 fully saturated rings. The first kappa shape index (κ1) is 24.9. The first-order valence-electron chi connectivity index (χ1n) is 12.3. The summed E-state index contributed by atoms with van der Waals surface area (Å²) in [5.74, 6) is 0.225. The van der Waals surface area contributed by atoms with Crippen LogP contribution in [-0.2, 0) is 16.0 Å². The van der Waals surface area contributed by atoms with Gasteiger partial charge in [-0.15, -0.1) is 0 Å². The van der Waals surface area contributed by atoms with Gasteiger partial charge in [0.15, 0.2) is 5.78 Å². The largest absolute Gasteiger partial charge is 0.494 e. The number of aryl methyl sites for hydroxylation is 1. The fourth-order valence-corrected chi connectivity index (χ4v) is 3.99. The number of unbranched alkanes of at least 4 members (excludes halogenated alkanes) is 3. The molecule has 36 heavy (non-hydrogen) atoms. The van der Waals surface area contributed by atoms with Crippen molar-refractivity contribution in [2.75, 3.05) is 11.5 Å². The molecule has 4 rings (SSSR count). The van der Waals surface area contributed by atoms with Crippen LogP contribution >= 0.6 is 0 Å². The molecular formula is C31H29NO4. The molecule has 1 aliphatic rings. The van der Waals surface area contributed by atoms with Gasteiger partial charge in [-0.1, -0.05) is 73.5 Å². The van der Waals surface area contributed by atoms with Crippen LogP contribution in [-0.4, -0.2) is 24.2 Å². The van der Waals surface area contributed by atoms with Gasteiger partial charge in [-0.25, -0.2) is 4.90 Å². The number of rotatable bonds is 12. The topological polar surface area (TPSA) is 63.7 Å². The zero-order valence-electron chi connectivity index (χ0n) is 20.1. The predicted octanol–water partition coefficient (Wildman–Crippen LogP) is 6.19. The first-order chi connectivity index (χ1) is 17.6. The van der Waals surface area contributed by atoms with Crippen molar-refractivity contribution in [3.63, 3.8) is 0 Å². The first-order valence-corrected chi connectivity index (χ1v) is 12.3. The summed E-state index contributed by atoms with van der Waals surface area (Å²) < 4.78 is 5.84. The van der Waals surface area contributed by atoms with E-state index in [0.29, 0.717) is 17.9 Å². The van der Waals surface area contributed by atoms with Gasteiger partial charge in [-0.3, -0.25) is 14.4 Å². The molecule has 0 unspecified atom stereocenters. The third-order valence-corrected chi connectivity index (χ3v) is 6.00. The van der Waals surface area contributed by atoms with Crippen LogP contribution < -0.4 is 9.64 Å². The van der Waals surface area contributed by atoms with Crippen LogP contribution in [0.3, 0.4) is 0 Å². The van der Waals surface area contributed by atoms with Crippen molar-refractivity contribution in [2.45, 2.75) is 32.1 Å². The Hall–Kier alpha value is -4.25. The monoisotopic (exact) mass is 479 g/mol. The Morgan fingerprint density at radius 1 is 0.750 bits per heavy atom. The lowest BCUT2D eigenvalue weighted by atomic mass is 10.1. The molecule has 0 saturated carbocycles. The van der Waals surface area contributed by atoms with Gasteiger partial charge >= 0.3 is 0 Å². The Balaban J connectivity index is 1.10. The summed E-state index contributed by atoms with van der Waals surface area (Å²) in [6.45, 7) is 0.669. The second-order valence-electron chi connectivity index (χ2n) is 8.66. The molecule has 2 amide bonds. The van der Waals surface area contributed by atoms with E-state index in [4.69, 9.17) is 4.74 Å². The van der Waals surface area contributed by atoms with Crippen molar-refractivity contribution in [1.29, 1.82) is 0 Å². The van der Waals surface area contributed by atoms with Crippen molar-refractivity contribution < 1.29 is 19.1 Å². The van der Waals surface area contributed by atoms with Crippen molar-refractivity contribution in [1.82, 2.24) is 0 Å². The Morgan fingerprint density at radius 3 is 2.11 bits per heavy atom. The van der Waals surface area contributed by atoms with E-state index < -0.39 is 0 Å². The maximum Gasteiger partial charge on any atom is 0.258 e. The normalized spacial score (nSPS) is 13.1. The molecule has 0 aromatic heterocycles. The third kappa shape index (κ3) is 6.89. The molecule has 0 atom stereocenters. The average Bonchev–Trinajstić information content (AvgIpc) is 3.25. The number of allylic oxidation sites excluding steroid dienone is 1. The van der Waals surface area contributed by atoms with Crippen molar-refractivity contribution in [3.05, 3.63) is 114 Å². The number of hydrogen-bond donors (Lipinski definition) is 0. The molecule has 0 bridgehead atoms. The highest BCUT2D eigenvalue weighted by Gasteiger charge is 2.24. The van der Waals surface area contributed by atoms with Crippen LogP contribution in [0.2, 0.25) is 0 Å². The Bertz CT molecular complexity index is 1220. The van der Waals surface area contributed by atoms with Gasteiger partial charge in [0.1, 0.15) is 5.75 Å². The van der Waals surface area contributed by atoms with Gasteiger partial charge in [-0.2, -0.15) is 0 Å². The minimum Gasteiger partial charge on any atom is -0.494 e. The van der Waals surface area contributed by atoms with Gasteiger partial charge in [0.05, 0.1) is 12.3 Å². The van der Waals surface area contributed by atoms with Crippen LogP contribution in [0.1, 0.15) is 47.2 Å². The lowest BCUT2D eigenvalue weighted by molar-refractivity contribution is -0.119. The Kier molecular flexibility index (Phi) is 8.60. The highest BCUT2D eigenvalue weighted by atomic mass is 16.5. The van der Waals surface area contributed by atoms with Crippen LogP contribution in [0.15, 0.2) is 97.1 Å². The maximum absolute atomic E-state index is 12.2. The second-order valence-corrected chi connectivity index (χ2v) is 8.66. The molecule has 0 radical (unpaired) electrons. The van der Waals surface area contributed by atoms with E-state index in [0.717, 1.165) is 43.4 Å². The number of anilines is 1. The van der Waals surface area contributed by atoms with Crippen molar-refractivity contribution in [3.8, 4) is 5.75 Å². The van der Waals surface area contributed by atoms with Gasteiger partial charge in [0.2, 0.25) is 0 Å². The molecule has 5 heteroatoms. The quantitative estimate of drug-likeness (QED) is 0.134. The number of benzene rings is 3. The third-order valence-electron chi connectivity index (χ3n) is 6.00. The van der Waals surface area contributed by atoms with Crippen LogP contribution in [0.5, 0.6) is 5.75 Å². The summed E-state index contributed by atoms with van der Waals surface area (Å²) in [7, 11) is 0. The van der Waals surface area contributed by atoms with E-state index >= 15 is 0 Å². The molecule has 3 aromatic carbocycles. The fourth-order valence-electron chi connectivity index (χ4n) is 3.99. The molecule has 0 aliphatic carbocycles. The zero-order chi connectivity index (χ0) is 25.2. The number of nitrogens with zero attached hydrogens (tertiary/aromatic N) is 1. The summed E-state index contributed by atoms with van der Waals surface area (Å²) in [5, 5.41) is 0. The van der Waals surface area contributed by atoms with E-state index in [9.17, 15) is 14.4 Å². The van der Waals surface area contributed by atoms with E-state index in [1.165, 1.54) is 22.6 Å². The lowest BCUT2D eigenvalue weighted by Crippen LogP contribution is -2.29. The number of hydrogen-bond acceptors (Lipinski definition) is 4. The Labute approximate surface area is 211 Å². The molecule has 5 nitrogen and oxygen atoms in total. The number of imide groups is 1. The summed E-state index contributed by atoms with van der Waals surface area (Å²) in [5.41, 5.74) is 3.44. The summed E-state index contributed by atoms with van der Waals surface area (Å²) >= 11 is 0. The maximum atomic E-state index is 12.2. The molecule has 0 spiro atoms. The fraction of sp³-hybridized carbons (Fsp3) is 0.194. The molecule has 1 aliphatic heterocycles. The molecule has 182 valence electrons. The van der Waals surface area contributed by atoms with Gasteiger partial charge < -0.3 is 4.74 Å². The number of amides is 2.